The molecule has 2 aromatic rings. The van der Waals surface area contributed by atoms with Crippen molar-refractivity contribution in [2.75, 3.05) is 31.1 Å². The Kier molecular flexibility index (Phi) is 5.17. The first-order chi connectivity index (χ1) is 11.6. The molecule has 128 valence electrons. The largest absolute Gasteiger partial charge is 0.384 e. The highest BCUT2D eigenvalue weighted by atomic mass is 16.3. The minimum atomic E-state index is -0.620. The van der Waals surface area contributed by atoms with Crippen LogP contribution in [0.25, 0.3) is 0 Å². The van der Waals surface area contributed by atoms with Gasteiger partial charge in [0, 0.05) is 43.5 Å². The van der Waals surface area contributed by atoms with Gasteiger partial charge in [-0.2, -0.15) is 0 Å². The number of benzene rings is 1. The molecule has 4 nitrogen and oxygen atoms in total. The second kappa shape index (κ2) is 7.32. The molecule has 0 bridgehead atoms. The fourth-order valence-electron chi connectivity index (χ4n) is 3.31. The van der Waals surface area contributed by atoms with E-state index in [-0.39, 0.29) is 0 Å². The maximum absolute atomic E-state index is 10.6. The summed E-state index contributed by atoms with van der Waals surface area (Å²) in [5.41, 5.74) is 2.68. The van der Waals surface area contributed by atoms with Gasteiger partial charge in [0.05, 0.1) is 0 Å². The van der Waals surface area contributed by atoms with Crippen LogP contribution in [0, 0.1) is 6.92 Å². The van der Waals surface area contributed by atoms with Crippen molar-refractivity contribution in [3.8, 4) is 0 Å². The monoisotopic (exact) mass is 325 g/mol. The smallest absolute Gasteiger partial charge is 0.128 e. The minimum Gasteiger partial charge on any atom is -0.384 e. The molecule has 1 saturated heterocycles. The lowest BCUT2D eigenvalue weighted by atomic mass is 10.0. The molecular weight excluding hydrogens is 298 g/mol. The van der Waals surface area contributed by atoms with Gasteiger partial charge in [-0.3, -0.25) is 4.90 Å². The summed E-state index contributed by atoms with van der Waals surface area (Å²) < 4.78 is 0. The van der Waals surface area contributed by atoms with Crippen LogP contribution in [0.3, 0.4) is 0 Å². The maximum Gasteiger partial charge on any atom is 0.128 e. The van der Waals surface area contributed by atoms with Crippen LogP contribution in [-0.4, -0.2) is 47.2 Å². The van der Waals surface area contributed by atoms with E-state index < -0.39 is 6.10 Å². The molecule has 2 heterocycles. The first kappa shape index (κ1) is 16.9. The van der Waals surface area contributed by atoms with Crippen molar-refractivity contribution < 1.29 is 5.11 Å². The molecule has 0 spiro atoms. The molecule has 4 heteroatoms. The Hall–Kier alpha value is -1.91. The Labute approximate surface area is 144 Å². The number of pyridine rings is 1. The van der Waals surface area contributed by atoms with Gasteiger partial charge >= 0.3 is 0 Å². The molecule has 1 fully saturated rings. The fraction of sp³-hybridized carbons (Fsp3) is 0.450. The molecule has 24 heavy (non-hydrogen) atoms. The van der Waals surface area contributed by atoms with E-state index in [4.69, 9.17) is 4.98 Å². The summed E-state index contributed by atoms with van der Waals surface area (Å²) in [6.45, 7) is 10.6. The van der Waals surface area contributed by atoms with Gasteiger partial charge in [0.1, 0.15) is 11.9 Å². The zero-order chi connectivity index (χ0) is 17.1. The third-order valence-corrected chi connectivity index (χ3v) is 4.89. The van der Waals surface area contributed by atoms with Crippen LogP contribution in [-0.2, 0) is 0 Å². The summed E-state index contributed by atoms with van der Waals surface area (Å²) in [4.78, 5) is 9.60. The molecule has 1 aromatic heterocycles. The molecule has 3 rings (SSSR count). The summed E-state index contributed by atoms with van der Waals surface area (Å²) in [5, 5.41) is 10.6. The van der Waals surface area contributed by atoms with Crippen LogP contribution in [0.4, 0.5) is 5.82 Å². The van der Waals surface area contributed by atoms with Gasteiger partial charge in [-0.15, -0.1) is 0 Å². The van der Waals surface area contributed by atoms with Gasteiger partial charge in [0.25, 0.3) is 0 Å². The second-order valence-electron chi connectivity index (χ2n) is 6.77. The molecule has 0 aliphatic carbocycles. The number of hydrogen-bond acceptors (Lipinski definition) is 4. The van der Waals surface area contributed by atoms with Crippen LogP contribution in [0.1, 0.15) is 36.8 Å². The number of aliphatic hydroxyl groups is 1. The number of aryl methyl sites for hydroxylation is 1. The van der Waals surface area contributed by atoms with Crippen molar-refractivity contribution >= 4 is 5.82 Å². The molecule has 1 atom stereocenters. The lowest BCUT2D eigenvalue weighted by molar-refractivity contribution is 0.208. The predicted octanol–water partition coefficient (Wildman–Crippen LogP) is 3.00. The van der Waals surface area contributed by atoms with Crippen molar-refractivity contribution in [3.05, 3.63) is 59.3 Å². The molecule has 1 N–H and O–H groups in total. The number of anilines is 1. The summed E-state index contributed by atoms with van der Waals surface area (Å²) in [7, 11) is 0. The topological polar surface area (TPSA) is 39.6 Å². The SMILES string of the molecule is Cc1nc(N2CCN(C(C)C)CC2)ccc1[C@@H](O)c1ccccc1. The lowest BCUT2D eigenvalue weighted by Crippen LogP contribution is -2.49. The summed E-state index contributed by atoms with van der Waals surface area (Å²) in [6.07, 6.45) is -0.620. The van der Waals surface area contributed by atoms with Crippen molar-refractivity contribution in [1.29, 1.82) is 0 Å². The van der Waals surface area contributed by atoms with E-state index in [1.54, 1.807) is 0 Å². The Morgan fingerprint density at radius 3 is 2.21 bits per heavy atom. The minimum absolute atomic E-state index is 0.602. The molecule has 1 aliphatic rings. The highest BCUT2D eigenvalue weighted by Gasteiger charge is 2.21. The van der Waals surface area contributed by atoms with Gasteiger partial charge in [0.2, 0.25) is 0 Å². The van der Waals surface area contributed by atoms with E-state index in [0.717, 1.165) is 48.8 Å². The first-order valence-electron chi connectivity index (χ1n) is 8.76. The zero-order valence-corrected chi connectivity index (χ0v) is 14.8. The predicted molar refractivity (Wildman–Crippen MR) is 98.4 cm³/mol. The standard InChI is InChI=1S/C20H27N3O/c1-15(2)22-11-13-23(14-12-22)19-10-9-18(16(3)21-19)20(24)17-7-5-4-6-8-17/h4-10,15,20,24H,11-14H2,1-3H3/t20-/m0/s1. The average molecular weight is 325 g/mol. The number of nitrogens with zero attached hydrogens (tertiary/aromatic N) is 3. The Morgan fingerprint density at radius 2 is 1.62 bits per heavy atom. The van der Waals surface area contributed by atoms with E-state index in [1.807, 2.05) is 49.4 Å². The van der Waals surface area contributed by atoms with Gasteiger partial charge < -0.3 is 10.0 Å². The summed E-state index contributed by atoms with van der Waals surface area (Å²) >= 11 is 0. The molecule has 0 radical (unpaired) electrons. The highest BCUT2D eigenvalue weighted by molar-refractivity contribution is 5.44. The van der Waals surface area contributed by atoms with Gasteiger partial charge in [-0.25, -0.2) is 4.98 Å². The van der Waals surface area contributed by atoms with Crippen molar-refractivity contribution in [2.45, 2.75) is 32.9 Å². The van der Waals surface area contributed by atoms with Gasteiger partial charge in [-0.1, -0.05) is 36.4 Å². The second-order valence-corrected chi connectivity index (χ2v) is 6.77. The van der Waals surface area contributed by atoms with Crippen molar-refractivity contribution in [1.82, 2.24) is 9.88 Å². The van der Waals surface area contributed by atoms with E-state index in [1.165, 1.54) is 0 Å². The van der Waals surface area contributed by atoms with Crippen LogP contribution in [0.15, 0.2) is 42.5 Å². The maximum atomic E-state index is 10.6. The van der Waals surface area contributed by atoms with Gasteiger partial charge in [-0.05, 0) is 32.4 Å². The Morgan fingerprint density at radius 1 is 0.958 bits per heavy atom. The zero-order valence-electron chi connectivity index (χ0n) is 14.8. The molecular formula is C20H27N3O. The molecule has 0 unspecified atom stereocenters. The van der Waals surface area contributed by atoms with Gasteiger partial charge in [0.15, 0.2) is 0 Å². The Bertz CT molecular complexity index is 664. The fourth-order valence-corrected chi connectivity index (χ4v) is 3.31. The average Bonchev–Trinajstić information content (AvgIpc) is 2.62. The number of hydrogen-bond donors (Lipinski definition) is 1. The highest BCUT2D eigenvalue weighted by Crippen LogP contribution is 2.26. The number of aromatic nitrogens is 1. The molecule has 0 amide bonds. The molecule has 0 saturated carbocycles. The number of rotatable bonds is 4. The molecule has 1 aliphatic heterocycles. The van der Waals surface area contributed by atoms with Crippen LogP contribution in [0.2, 0.25) is 0 Å². The van der Waals surface area contributed by atoms with Crippen LogP contribution < -0.4 is 4.90 Å². The quantitative estimate of drug-likeness (QED) is 0.938. The van der Waals surface area contributed by atoms with E-state index in [2.05, 4.69) is 23.6 Å². The third kappa shape index (κ3) is 3.60. The Balaban J connectivity index is 1.74. The third-order valence-electron chi connectivity index (χ3n) is 4.89. The summed E-state index contributed by atoms with van der Waals surface area (Å²) in [5.74, 6) is 1.01. The first-order valence-corrected chi connectivity index (χ1v) is 8.76. The van der Waals surface area contributed by atoms with E-state index in [0.29, 0.717) is 6.04 Å². The van der Waals surface area contributed by atoms with E-state index in [9.17, 15) is 5.11 Å². The van der Waals surface area contributed by atoms with Crippen LogP contribution in [0.5, 0.6) is 0 Å². The molecule has 1 aromatic carbocycles. The van der Waals surface area contributed by atoms with Crippen molar-refractivity contribution in [2.24, 2.45) is 0 Å². The number of piperazine rings is 1. The van der Waals surface area contributed by atoms with E-state index >= 15 is 0 Å². The van der Waals surface area contributed by atoms with Crippen molar-refractivity contribution in [3.63, 3.8) is 0 Å². The number of aliphatic hydroxyl groups excluding tert-OH is 1. The van der Waals surface area contributed by atoms with Crippen LogP contribution >= 0.6 is 0 Å². The summed E-state index contributed by atoms with van der Waals surface area (Å²) in [6, 6.07) is 14.4. The lowest BCUT2D eigenvalue weighted by Gasteiger charge is -2.37. The normalized spacial score (nSPS) is 17.3.